The molecule has 0 atom stereocenters. The molecule has 1 aliphatic heterocycles. The quantitative estimate of drug-likeness (QED) is 0.796. The van der Waals surface area contributed by atoms with E-state index in [1.165, 1.54) is 0 Å². The molecule has 0 spiro atoms. The minimum atomic E-state index is -0.136. The first-order valence-electron chi connectivity index (χ1n) is 8.87. The number of amides is 2. The Morgan fingerprint density at radius 3 is 2.50 bits per heavy atom. The van der Waals surface area contributed by atoms with Crippen LogP contribution in [-0.2, 0) is 4.79 Å². The fourth-order valence-electron chi connectivity index (χ4n) is 2.96. The number of carbonyl (C=O) groups is 2. The molecule has 2 heterocycles. The number of pyridine rings is 1. The topological polar surface area (TPSA) is 62.3 Å². The summed E-state index contributed by atoms with van der Waals surface area (Å²) in [5.74, 6) is 0.942. The Bertz CT molecular complexity index is 716. The Hall–Kier alpha value is -2.34. The van der Waals surface area contributed by atoms with Gasteiger partial charge in [0.15, 0.2) is 0 Å². The maximum Gasteiger partial charge on any atom is 0.269 e. The van der Waals surface area contributed by atoms with Crippen LogP contribution in [0.5, 0.6) is 0 Å². The van der Waals surface area contributed by atoms with E-state index < -0.39 is 0 Å². The maximum atomic E-state index is 12.4. The average Bonchev–Trinajstić information content (AvgIpc) is 2.72. The minimum Gasteiger partial charge on any atom is -0.350 e. The van der Waals surface area contributed by atoms with Gasteiger partial charge >= 0.3 is 0 Å². The Balaban J connectivity index is 1.37. The van der Waals surface area contributed by atoms with Gasteiger partial charge < -0.3 is 10.2 Å². The molecule has 1 fully saturated rings. The summed E-state index contributed by atoms with van der Waals surface area (Å²) in [4.78, 5) is 31.5. The second-order valence-electron chi connectivity index (χ2n) is 6.35. The van der Waals surface area contributed by atoms with Gasteiger partial charge in [-0.3, -0.25) is 14.6 Å². The average molecular weight is 369 g/mol. The van der Waals surface area contributed by atoms with Crippen LogP contribution in [0.1, 0.15) is 23.3 Å². The van der Waals surface area contributed by atoms with E-state index in [4.69, 9.17) is 0 Å². The van der Waals surface area contributed by atoms with E-state index in [9.17, 15) is 9.59 Å². The third kappa shape index (κ3) is 5.33. The van der Waals surface area contributed by atoms with Crippen molar-refractivity contribution in [3.05, 3.63) is 60.4 Å². The van der Waals surface area contributed by atoms with Crippen molar-refractivity contribution in [2.24, 2.45) is 5.92 Å². The van der Waals surface area contributed by atoms with E-state index in [-0.39, 0.29) is 11.8 Å². The molecule has 0 radical (unpaired) electrons. The van der Waals surface area contributed by atoms with E-state index in [2.05, 4.69) is 10.3 Å². The molecule has 26 heavy (non-hydrogen) atoms. The van der Waals surface area contributed by atoms with Gasteiger partial charge in [-0.25, -0.2) is 0 Å². The molecule has 5 nitrogen and oxygen atoms in total. The van der Waals surface area contributed by atoms with Gasteiger partial charge in [0.1, 0.15) is 5.69 Å². The summed E-state index contributed by atoms with van der Waals surface area (Å²) in [6.45, 7) is 2.16. The second kappa shape index (κ2) is 9.38. The Labute approximate surface area is 158 Å². The van der Waals surface area contributed by atoms with Gasteiger partial charge in [0.25, 0.3) is 5.91 Å². The van der Waals surface area contributed by atoms with Crippen molar-refractivity contribution in [1.29, 1.82) is 0 Å². The first-order valence-corrected chi connectivity index (χ1v) is 9.86. The number of carbonyl (C=O) groups excluding carboxylic acids is 2. The molecule has 1 aromatic carbocycles. The lowest BCUT2D eigenvalue weighted by Gasteiger charge is -2.32. The summed E-state index contributed by atoms with van der Waals surface area (Å²) >= 11 is 1.58. The predicted octanol–water partition coefficient (Wildman–Crippen LogP) is 2.84. The summed E-state index contributed by atoms with van der Waals surface area (Å²) in [5, 5.41) is 2.95. The minimum absolute atomic E-state index is 0.136. The second-order valence-corrected chi connectivity index (χ2v) is 7.40. The highest BCUT2D eigenvalue weighted by Crippen LogP contribution is 2.20. The highest BCUT2D eigenvalue weighted by Gasteiger charge is 2.23. The molecule has 0 unspecified atom stereocenters. The van der Waals surface area contributed by atoms with Crippen molar-refractivity contribution < 1.29 is 9.59 Å². The van der Waals surface area contributed by atoms with Crippen LogP contribution in [0, 0.1) is 5.92 Å². The largest absolute Gasteiger partial charge is 0.350 e. The van der Waals surface area contributed by atoms with Crippen molar-refractivity contribution in [2.75, 3.05) is 25.4 Å². The normalized spacial score (nSPS) is 14.8. The number of hydrogen-bond donors (Lipinski definition) is 1. The van der Waals surface area contributed by atoms with Crippen LogP contribution in [0.3, 0.4) is 0 Å². The molecule has 6 heteroatoms. The summed E-state index contributed by atoms with van der Waals surface area (Å²) < 4.78 is 0. The van der Waals surface area contributed by atoms with Gasteiger partial charge in [-0.1, -0.05) is 24.3 Å². The molecule has 0 bridgehead atoms. The smallest absolute Gasteiger partial charge is 0.269 e. The number of likely N-dealkylation sites (tertiary alicyclic amines) is 1. The number of rotatable bonds is 6. The number of hydrogen-bond acceptors (Lipinski definition) is 4. The molecule has 136 valence electrons. The third-order valence-electron chi connectivity index (χ3n) is 4.52. The fraction of sp³-hybridized carbons (Fsp3) is 0.350. The third-order valence-corrected chi connectivity index (χ3v) is 5.52. The molecule has 1 N–H and O–H groups in total. The van der Waals surface area contributed by atoms with Crippen molar-refractivity contribution in [3.63, 3.8) is 0 Å². The fourth-order valence-corrected chi connectivity index (χ4v) is 3.79. The first kappa shape index (κ1) is 18.5. The van der Waals surface area contributed by atoms with Crippen LogP contribution in [0.15, 0.2) is 59.6 Å². The van der Waals surface area contributed by atoms with Crippen molar-refractivity contribution in [3.8, 4) is 0 Å². The van der Waals surface area contributed by atoms with Crippen LogP contribution < -0.4 is 5.32 Å². The number of piperidine rings is 1. The zero-order chi connectivity index (χ0) is 18.2. The predicted molar refractivity (Wildman–Crippen MR) is 103 cm³/mol. The molecular weight excluding hydrogens is 346 g/mol. The number of nitrogens with zero attached hydrogens (tertiary/aromatic N) is 2. The lowest BCUT2D eigenvalue weighted by molar-refractivity contribution is -0.129. The van der Waals surface area contributed by atoms with Crippen LogP contribution >= 0.6 is 11.8 Å². The van der Waals surface area contributed by atoms with Crippen molar-refractivity contribution in [1.82, 2.24) is 15.2 Å². The monoisotopic (exact) mass is 369 g/mol. The molecule has 2 amide bonds. The van der Waals surface area contributed by atoms with Crippen molar-refractivity contribution in [2.45, 2.75) is 17.7 Å². The zero-order valence-corrected chi connectivity index (χ0v) is 15.5. The molecular formula is C20H23N3O2S. The van der Waals surface area contributed by atoms with Gasteiger partial charge in [0, 0.05) is 30.7 Å². The Morgan fingerprint density at radius 1 is 1.08 bits per heavy atom. The van der Waals surface area contributed by atoms with Crippen LogP contribution in [0.4, 0.5) is 0 Å². The molecule has 2 aromatic rings. The molecule has 0 aliphatic carbocycles. The number of aromatic nitrogens is 1. The zero-order valence-electron chi connectivity index (χ0n) is 14.6. The number of nitrogens with one attached hydrogen (secondary N) is 1. The highest BCUT2D eigenvalue weighted by molar-refractivity contribution is 8.00. The summed E-state index contributed by atoms with van der Waals surface area (Å²) in [6.07, 6.45) is 3.46. The van der Waals surface area contributed by atoms with Crippen LogP contribution in [-0.4, -0.2) is 47.1 Å². The lowest BCUT2D eigenvalue weighted by atomic mass is 9.97. The van der Waals surface area contributed by atoms with Gasteiger partial charge in [0.2, 0.25) is 5.91 Å². The van der Waals surface area contributed by atoms with E-state index in [0.29, 0.717) is 23.9 Å². The summed E-state index contributed by atoms with van der Waals surface area (Å²) in [5.41, 5.74) is 0.443. The Kier molecular flexibility index (Phi) is 6.66. The Morgan fingerprint density at radius 2 is 1.81 bits per heavy atom. The van der Waals surface area contributed by atoms with Gasteiger partial charge in [-0.2, -0.15) is 0 Å². The highest BCUT2D eigenvalue weighted by atomic mass is 32.2. The van der Waals surface area contributed by atoms with Crippen molar-refractivity contribution >= 4 is 23.6 Å². The number of thioether (sulfide) groups is 1. The molecule has 1 saturated heterocycles. The molecule has 1 aromatic heterocycles. The molecule has 0 saturated carbocycles. The van der Waals surface area contributed by atoms with E-state index >= 15 is 0 Å². The summed E-state index contributed by atoms with van der Waals surface area (Å²) in [7, 11) is 0. The summed E-state index contributed by atoms with van der Waals surface area (Å²) in [6, 6.07) is 15.3. The maximum absolute atomic E-state index is 12.4. The SMILES string of the molecule is O=C(NCC1CCN(C(=O)CSc2ccccc2)CC1)c1ccccn1. The van der Waals surface area contributed by atoms with E-state index in [1.807, 2.05) is 35.2 Å². The van der Waals surface area contributed by atoms with E-state index in [0.717, 1.165) is 30.8 Å². The van der Waals surface area contributed by atoms with Gasteiger partial charge in [-0.05, 0) is 43.0 Å². The molecule has 3 rings (SSSR count). The number of benzene rings is 1. The van der Waals surface area contributed by atoms with E-state index in [1.54, 1.807) is 36.2 Å². The van der Waals surface area contributed by atoms with Crippen LogP contribution in [0.25, 0.3) is 0 Å². The van der Waals surface area contributed by atoms with Gasteiger partial charge in [0.05, 0.1) is 5.75 Å². The first-order chi connectivity index (χ1) is 12.7. The molecule has 1 aliphatic rings. The van der Waals surface area contributed by atoms with Crippen LogP contribution in [0.2, 0.25) is 0 Å². The lowest BCUT2D eigenvalue weighted by Crippen LogP contribution is -2.42. The standard InChI is InChI=1S/C20H23N3O2S/c24-19(15-26-17-6-2-1-3-7-17)23-12-9-16(10-13-23)14-22-20(25)18-8-4-5-11-21-18/h1-8,11,16H,9-10,12-15H2,(H,22,25). The van der Waals surface area contributed by atoms with Gasteiger partial charge in [-0.15, -0.1) is 11.8 Å².